The number of likely N-dealkylation sites (tertiary alicyclic amines) is 1. The summed E-state index contributed by atoms with van der Waals surface area (Å²) >= 11 is 6.29. The Bertz CT molecular complexity index is 1010. The van der Waals surface area contributed by atoms with Gasteiger partial charge in [0.05, 0.1) is 11.1 Å². The minimum Gasteiger partial charge on any atom is -0.332 e. The van der Waals surface area contributed by atoms with E-state index in [1.807, 2.05) is 17.0 Å². The van der Waals surface area contributed by atoms with Gasteiger partial charge in [0.2, 0.25) is 10.0 Å². The van der Waals surface area contributed by atoms with E-state index in [0.717, 1.165) is 44.1 Å². The van der Waals surface area contributed by atoms with E-state index in [-0.39, 0.29) is 21.9 Å². The Kier molecular flexibility index (Phi) is 6.41. The molecule has 30 heavy (non-hydrogen) atoms. The lowest BCUT2D eigenvalue weighted by Gasteiger charge is -2.26. The van der Waals surface area contributed by atoms with Gasteiger partial charge in [-0.2, -0.15) is 4.31 Å². The van der Waals surface area contributed by atoms with Gasteiger partial charge in [0, 0.05) is 37.6 Å². The van der Waals surface area contributed by atoms with Crippen molar-refractivity contribution in [2.75, 3.05) is 19.6 Å². The fourth-order valence-electron chi connectivity index (χ4n) is 4.35. The number of hydrogen-bond acceptors (Lipinski definition) is 4. The molecule has 1 unspecified atom stereocenters. The van der Waals surface area contributed by atoms with Crippen LogP contribution in [0, 0.1) is 0 Å². The van der Waals surface area contributed by atoms with Crippen LogP contribution < -0.4 is 0 Å². The molecule has 0 N–H and O–H groups in total. The average Bonchev–Trinajstić information content (AvgIpc) is 3.08. The molecule has 8 heteroatoms. The van der Waals surface area contributed by atoms with Crippen molar-refractivity contribution in [1.29, 1.82) is 0 Å². The van der Waals surface area contributed by atoms with Crippen LogP contribution in [0.4, 0.5) is 0 Å². The number of aromatic nitrogens is 1. The van der Waals surface area contributed by atoms with Crippen molar-refractivity contribution >= 4 is 27.5 Å². The standard InChI is InChI=1S/C22H26ClN3O3S/c23-19-10-9-17(15-21(19)30(28,29)25-12-3-1-2-4-13-25)22(27)26-14-6-8-20(26)18-7-5-11-24-16-18/h5,7,9-11,15-16,20H,1-4,6,8,12-14H2. The van der Waals surface area contributed by atoms with Gasteiger partial charge in [-0.05, 0) is 55.5 Å². The van der Waals surface area contributed by atoms with E-state index in [1.165, 1.54) is 16.4 Å². The second-order valence-electron chi connectivity index (χ2n) is 7.91. The second-order valence-corrected chi connectivity index (χ2v) is 10.2. The molecule has 0 bridgehead atoms. The van der Waals surface area contributed by atoms with Crippen molar-refractivity contribution in [2.24, 2.45) is 0 Å². The summed E-state index contributed by atoms with van der Waals surface area (Å²) in [4.78, 5) is 19.3. The summed E-state index contributed by atoms with van der Waals surface area (Å²) in [6.45, 7) is 1.62. The summed E-state index contributed by atoms with van der Waals surface area (Å²) in [6.07, 6.45) is 9.01. The lowest BCUT2D eigenvalue weighted by atomic mass is 10.1. The normalized spacial score (nSPS) is 20.8. The molecule has 2 aliphatic rings. The van der Waals surface area contributed by atoms with Crippen LogP contribution in [0.25, 0.3) is 0 Å². The van der Waals surface area contributed by atoms with Crippen molar-refractivity contribution in [1.82, 2.24) is 14.2 Å². The largest absolute Gasteiger partial charge is 0.332 e. The minimum atomic E-state index is -3.74. The van der Waals surface area contributed by atoms with Crippen molar-refractivity contribution in [3.63, 3.8) is 0 Å². The van der Waals surface area contributed by atoms with Crippen LogP contribution in [0.1, 0.15) is 60.5 Å². The Morgan fingerprint density at radius 3 is 2.50 bits per heavy atom. The molecule has 1 atom stereocenters. The van der Waals surface area contributed by atoms with Gasteiger partial charge >= 0.3 is 0 Å². The Morgan fingerprint density at radius 1 is 1.03 bits per heavy atom. The van der Waals surface area contributed by atoms with Crippen molar-refractivity contribution in [3.8, 4) is 0 Å². The summed E-state index contributed by atoms with van der Waals surface area (Å²) in [6, 6.07) is 8.38. The predicted octanol–water partition coefficient (Wildman–Crippen LogP) is 4.28. The predicted molar refractivity (Wildman–Crippen MR) is 116 cm³/mol. The van der Waals surface area contributed by atoms with E-state index in [2.05, 4.69) is 4.98 Å². The van der Waals surface area contributed by atoms with Crippen LogP contribution in [0.2, 0.25) is 5.02 Å². The molecular weight excluding hydrogens is 422 g/mol. The summed E-state index contributed by atoms with van der Waals surface area (Å²) in [7, 11) is -3.74. The summed E-state index contributed by atoms with van der Waals surface area (Å²) in [5.74, 6) is -0.176. The van der Waals surface area contributed by atoms with Crippen LogP contribution in [0.5, 0.6) is 0 Å². The van der Waals surface area contributed by atoms with Crippen molar-refractivity contribution in [3.05, 3.63) is 58.9 Å². The first-order valence-electron chi connectivity index (χ1n) is 10.5. The molecule has 1 amide bonds. The molecular formula is C22H26ClN3O3S. The maximum absolute atomic E-state index is 13.3. The molecule has 2 aromatic rings. The van der Waals surface area contributed by atoms with Crippen LogP contribution in [-0.4, -0.2) is 48.1 Å². The fourth-order valence-corrected chi connectivity index (χ4v) is 6.37. The van der Waals surface area contributed by atoms with Gasteiger partial charge in [0.25, 0.3) is 5.91 Å². The highest BCUT2D eigenvalue weighted by Crippen LogP contribution is 2.34. The van der Waals surface area contributed by atoms with Gasteiger partial charge in [-0.3, -0.25) is 9.78 Å². The Labute approximate surface area is 182 Å². The molecule has 0 saturated carbocycles. The molecule has 0 spiro atoms. The summed E-state index contributed by atoms with van der Waals surface area (Å²) in [5.41, 5.74) is 1.35. The summed E-state index contributed by atoms with van der Waals surface area (Å²) < 4.78 is 28.0. The molecule has 0 aliphatic carbocycles. The molecule has 2 fully saturated rings. The molecule has 1 aromatic carbocycles. The molecule has 1 aromatic heterocycles. The highest BCUT2D eigenvalue weighted by molar-refractivity contribution is 7.89. The van der Waals surface area contributed by atoms with E-state index in [4.69, 9.17) is 11.6 Å². The molecule has 6 nitrogen and oxygen atoms in total. The molecule has 2 saturated heterocycles. The number of benzene rings is 1. The number of nitrogens with zero attached hydrogens (tertiary/aromatic N) is 3. The third-order valence-electron chi connectivity index (χ3n) is 5.94. The van der Waals surface area contributed by atoms with Crippen molar-refractivity contribution < 1.29 is 13.2 Å². The van der Waals surface area contributed by atoms with Crippen LogP contribution >= 0.6 is 11.6 Å². The number of sulfonamides is 1. The summed E-state index contributed by atoms with van der Waals surface area (Å²) in [5, 5.41) is 0.154. The maximum atomic E-state index is 13.3. The van der Waals surface area contributed by atoms with Crippen molar-refractivity contribution in [2.45, 2.75) is 49.5 Å². The van der Waals surface area contributed by atoms with E-state index in [9.17, 15) is 13.2 Å². The van der Waals surface area contributed by atoms with Crippen LogP contribution in [0.3, 0.4) is 0 Å². The Hall–Kier alpha value is -1.96. The first kappa shape index (κ1) is 21.3. The zero-order valence-corrected chi connectivity index (χ0v) is 18.4. The van der Waals surface area contributed by atoms with E-state index in [1.54, 1.807) is 18.5 Å². The van der Waals surface area contributed by atoms with Gasteiger partial charge in [-0.15, -0.1) is 0 Å². The van der Waals surface area contributed by atoms with Gasteiger partial charge in [0.15, 0.2) is 0 Å². The van der Waals surface area contributed by atoms with Crippen LogP contribution in [-0.2, 0) is 10.0 Å². The zero-order valence-electron chi connectivity index (χ0n) is 16.8. The number of carbonyl (C=O) groups is 1. The highest BCUT2D eigenvalue weighted by atomic mass is 35.5. The van der Waals surface area contributed by atoms with Gasteiger partial charge in [0.1, 0.15) is 4.90 Å². The number of halogens is 1. The third-order valence-corrected chi connectivity index (χ3v) is 8.32. The SMILES string of the molecule is O=C(c1ccc(Cl)c(S(=O)(=O)N2CCCCCC2)c1)N1CCCC1c1cccnc1. The quantitative estimate of drug-likeness (QED) is 0.701. The molecule has 3 heterocycles. The van der Waals surface area contributed by atoms with E-state index < -0.39 is 10.0 Å². The smallest absolute Gasteiger partial charge is 0.254 e. The lowest BCUT2D eigenvalue weighted by molar-refractivity contribution is 0.0735. The molecule has 4 rings (SSSR count). The second kappa shape index (κ2) is 9.04. The van der Waals surface area contributed by atoms with Gasteiger partial charge in [-0.1, -0.05) is 30.5 Å². The first-order valence-corrected chi connectivity index (χ1v) is 12.3. The minimum absolute atomic E-state index is 0.0223. The maximum Gasteiger partial charge on any atom is 0.254 e. The number of pyridine rings is 1. The van der Waals surface area contributed by atoms with Crippen LogP contribution in [0.15, 0.2) is 47.6 Å². The first-order chi connectivity index (χ1) is 14.5. The topological polar surface area (TPSA) is 70.6 Å². The van der Waals surface area contributed by atoms with E-state index in [0.29, 0.717) is 25.2 Å². The average molecular weight is 448 g/mol. The fraction of sp³-hybridized carbons (Fsp3) is 0.455. The number of amides is 1. The molecule has 160 valence electrons. The number of hydrogen-bond donors (Lipinski definition) is 0. The molecule has 0 radical (unpaired) electrons. The zero-order chi connectivity index (χ0) is 21.1. The van der Waals surface area contributed by atoms with E-state index >= 15 is 0 Å². The van der Waals surface area contributed by atoms with Gasteiger partial charge in [-0.25, -0.2) is 8.42 Å². The highest BCUT2D eigenvalue weighted by Gasteiger charge is 2.33. The Morgan fingerprint density at radius 2 is 1.80 bits per heavy atom. The van der Waals surface area contributed by atoms with Gasteiger partial charge < -0.3 is 4.90 Å². The lowest BCUT2D eigenvalue weighted by Crippen LogP contribution is -2.33. The number of carbonyl (C=O) groups excluding carboxylic acids is 1. The Balaban J connectivity index is 1.63. The molecule has 2 aliphatic heterocycles. The monoisotopic (exact) mass is 447 g/mol. The number of rotatable bonds is 4. The third kappa shape index (κ3) is 4.24.